The van der Waals surface area contributed by atoms with Crippen molar-refractivity contribution in [1.29, 1.82) is 0 Å². The monoisotopic (exact) mass is 228 g/mol. The molecule has 0 bridgehead atoms. The molecule has 1 aromatic heterocycles. The predicted molar refractivity (Wildman–Crippen MR) is 67.1 cm³/mol. The number of pyridine rings is 1. The van der Waals surface area contributed by atoms with Gasteiger partial charge >= 0.3 is 0 Å². The first kappa shape index (κ1) is 14.4. The van der Waals surface area contributed by atoms with E-state index in [1.165, 1.54) is 12.8 Å². The Balaban J connectivity index is 0.00000196. The largest absolute Gasteiger partial charge is 0.323 e. The average Bonchev–Trinajstić information content (AvgIpc) is 2.26. The van der Waals surface area contributed by atoms with E-state index in [0.717, 1.165) is 18.0 Å². The fourth-order valence-corrected chi connectivity index (χ4v) is 1.70. The summed E-state index contributed by atoms with van der Waals surface area (Å²) in [5.74, 6) is 0.729. The van der Waals surface area contributed by atoms with Crippen LogP contribution in [0.25, 0.3) is 0 Å². The summed E-state index contributed by atoms with van der Waals surface area (Å²) in [5.41, 5.74) is 7.10. The minimum atomic E-state index is 0. The molecule has 2 nitrogen and oxygen atoms in total. The molecule has 0 fully saturated rings. The van der Waals surface area contributed by atoms with Gasteiger partial charge < -0.3 is 5.73 Å². The maximum Gasteiger partial charge on any atom is 0.0571 e. The molecule has 1 atom stereocenters. The van der Waals surface area contributed by atoms with Gasteiger partial charge in [-0.15, -0.1) is 12.4 Å². The Kier molecular flexibility index (Phi) is 7.35. The van der Waals surface area contributed by atoms with Gasteiger partial charge in [0.2, 0.25) is 0 Å². The molecule has 0 aromatic carbocycles. The van der Waals surface area contributed by atoms with E-state index in [-0.39, 0.29) is 18.4 Å². The summed E-state index contributed by atoms with van der Waals surface area (Å²) in [5, 5.41) is 0. The van der Waals surface area contributed by atoms with Crippen LogP contribution in [0.5, 0.6) is 0 Å². The van der Waals surface area contributed by atoms with Gasteiger partial charge in [-0.25, -0.2) is 0 Å². The molecule has 2 N–H and O–H groups in total. The zero-order chi connectivity index (χ0) is 10.4. The Labute approximate surface area is 98.7 Å². The molecule has 0 aliphatic rings. The van der Waals surface area contributed by atoms with E-state index < -0.39 is 0 Å². The second-order valence-corrected chi connectivity index (χ2v) is 3.78. The average molecular weight is 229 g/mol. The quantitative estimate of drug-likeness (QED) is 0.840. The van der Waals surface area contributed by atoms with E-state index in [9.17, 15) is 0 Å². The van der Waals surface area contributed by atoms with Gasteiger partial charge in [-0.1, -0.05) is 32.8 Å². The van der Waals surface area contributed by atoms with Crippen LogP contribution in [0.15, 0.2) is 24.4 Å². The second kappa shape index (κ2) is 7.66. The molecule has 15 heavy (non-hydrogen) atoms. The summed E-state index contributed by atoms with van der Waals surface area (Å²) in [6, 6.07) is 6.02. The van der Waals surface area contributed by atoms with Gasteiger partial charge in [0.15, 0.2) is 0 Å². The fourth-order valence-electron chi connectivity index (χ4n) is 1.70. The van der Waals surface area contributed by atoms with Gasteiger partial charge in [0.1, 0.15) is 0 Å². The molecule has 0 amide bonds. The molecule has 0 aliphatic heterocycles. The highest BCUT2D eigenvalue weighted by atomic mass is 35.5. The van der Waals surface area contributed by atoms with Crippen molar-refractivity contribution in [3.8, 4) is 0 Å². The van der Waals surface area contributed by atoms with Crippen LogP contribution in [0.3, 0.4) is 0 Å². The van der Waals surface area contributed by atoms with Crippen molar-refractivity contribution in [3.05, 3.63) is 30.1 Å². The third-order valence-corrected chi connectivity index (χ3v) is 2.81. The number of aromatic nitrogens is 1. The Morgan fingerprint density at radius 1 is 1.27 bits per heavy atom. The topological polar surface area (TPSA) is 38.9 Å². The van der Waals surface area contributed by atoms with Crippen molar-refractivity contribution < 1.29 is 0 Å². The van der Waals surface area contributed by atoms with E-state index in [4.69, 9.17) is 5.73 Å². The Morgan fingerprint density at radius 3 is 2.40 bits per heavy atom. The molecular weight excluding hydrogens is 208 g/mol. The zero-order valence-electron chi connectivity index (χ0n) is 9.52. The fraction of sp³-hybridized carbons (Fsp3) is 0.583. The molecule has 1 aromatic rings. The van der Waals surface area contributed by atoms with Crippen LogP contribution >= 0.6 is 12.4 Å². The number of hydrogen-bond donors (Lipinski definition) is 1. The van der Waals surface area contributed by atoms with Gasteiger partial charge in [0.25, 0.3) is 0 Å². The maximum absolute atomic E-state index is 6.08. The first-order chi connectivity index (χ1) is 6.77. The van der Waals surface area contributed by atoms with Gasteiger partial charge in [0.05, 0.1) is 5.69 Å². The standard InChI is InChI=1S/C12H20N2.ClH/c1-3-10(4-2)9-11(13)12-7-5-6-8-14-12;/h5-8,10-11H,3-4,9,13H2,1-2H3;1H. The summed E-state index contributed by atoms with van der Waals surface area (Å²) in [4.78, 5) is 4.28. The minimum Gasteiger partial charge on any atom is -0.323 e. The van der Waals surface area contributed by atoms with Crippen molar-refractivity contribution in [2.24, 2.45) is 11.7 Å². The molecule has 1 heterocycles. The third-order valence-electron chi connectivity index (χ3n) is 2.81. The summed E-state index contributed by atoms with van der Waals surface area (Å²) in [7, 11) is 0. The van der Waals surface area contributed by atoms with E-state index >= 15 is 0 Å². The molecule has 0 saturated carbocycles. The maximum atomic E-state index is 6.08. The van der Waals surface area contributed by atoms with E-state index in [1.54, 1.807) is 0 Å². The zero-order valence-corrected chi connectivity index (χ0v) is 10.3. The van der Waals surface area contributed by atoms with Crippen molar-refractivity contribution in [1.82, 2.24) is 4.98 Å². The molecule has 0 aliphatic carbocycles. The number of nitrogens with two attached hydrogens (primary N) is 1. The van der Waals surface area contributed by atoms with Crippen molar-refractivity contribution in [2.75, 3.05) is 0 Å². The van der Waals surface area contributed by atoms with Crippen LogP contribution in [-0.4, -0.2) is 4.98 Å². The van der Waals surface area contributed by atoms with E-state index in [0.29, 0.717) is 0 Å². The lowest BCUT2D eigenvalue weighted by atomic mass is 9.93. The summed E-state index contributed by atoms with van der Waals surface area (Å²) in [6.07, 6.45) is 5.26. The Hall–Kier alpha value is -0.600. The lowest BCUT2D eigenvalue weighted by Gasteiger charge is -2.17. The third kappa shape index (κ3) is 4.63. The van der Waals surface area contributed by atoms with Gasteiger partial charge in [-0.05, 0) is 24.5 Å². The van der Waals surface area contributed by atoms with E-state index in [2.05, 4.69) is 18.8 Å². The number of rotatable bonds is 5. The normalized spacial score (nSPS) is 12.3. The van der Waals surface area contributed by atoms with Crippen molar-refractivity contribution in [3.63, 3.8) is 0 Å². The van der Waals surface area contributed by atoms with Crippen LogP contribution in [0.1, 0.15) is 44.8 Å². The molecule has 86 valence electrons. The molecule has 1 unspecified atom stereocenters. The van der Waals surface area contributed by atoms with Crippen LogP contribution < -0.4 is 5.73 Å². The Morgan fingerprint density at radius 2 is 1.93 bits per heavy atom. The van der Waals surface area contributed by atoms with Crippen LogP contribution in [0.4, 0.5) is 0 Å². The highest BCUT2D eigenvalue weighted by molar-refractivity contribution is 5.85. The lowest BCUT2D eigenvalue weighted by Crippen LogP contribution is -2.16. The van der Waals surface area contributed by atoms with Gasteiger partial charge in [-0.2, -0.15) is 0 Å². The first-order valence-corrected chi connectivity index (χ1v) is 5.44. The van der Waals surface area contributed by atoms with Crippen molar-refractivity contribution in [2.45, 2.75) is 39.2 Å². The number of nitrogens with zero attached hydrogens (tertiary/aromatic N) is 1. The number of halogens is 1. The lowest BCUT2D eigenvalue weighted by molar-refractivity contribution is 0.411. The molecule has 0 spiro atoms. The summed E-state index contributed by atoms with van der Waals surface area (Å²) < 4.78 is 0. The highest BCUT2D eigenvalue weighted by Crippen LogP contribution is 2.21. The van der Waals surface area contributed by atoms with Crippen LogP contribution in [0, 0.1) is 5.92 Å². The number of hydrogen-bond acceptors (Lipinski definition) is 2. The Bertz CT molecular complexity index is 247. The summed E-state index contributed by atoms with van der Waals surface area (Å²) in [6.45, 7) is 4.44. The first-order valence-electron chi connectivity index (χ1n) is 5.44. The highest BCUT2D eigenvalue weighted by Gasteiger charge is 2.12. The van der Waals surface area contributed by atoms with Crippen molar-refractivity contribution >= 4 is 12.4 Å². The molecule has 3 heteroatoms. The van der Waals surface area contributed by atoms with Crippen LogP contribution in [0.2, 0.25) is 0 Å². The van der Waals surface area contributed by atoms with Crippen LogP contribution in [-0.2, 0) is 0 Å². The SMILES string of the molecule is CCC(CC)CC(N)c1ccccn1.Cl. The second-order valence-electron chi connectivity index (χ2n) is 3.78. The molecule has 0 radical (unpaired) electrons. The van der Waals surface area contributed by atoms with E-state index in [1.807, 2.05) is 24.4 Å². The predicted octanol–water partition coefficient (Wildman–Crippen LogP) is 3.33. The van der Waals surface area contributed by atoms with Gasteiger partial charge in [0, 0.05) is 12.2 Å². The minimum absolute atomic E-state index is 0. The summed E-state index contributed by atoms with van der Waals surface area (Å²) >= 11 is 0. The molecular formula is C12H21ClN2. The molecule has 0 saturated heterocycles. The smallest absolute Gasteiger partial charge is 0.0571 e. The van der Waals surface area contributed by atoms with Gasteiger partial charge in [-0.3, -0.25) is 4.98 Å². The molecule has 1 rings (SSSR count).